The Kier molecular flexibility index (Phi) is 4.23. The molecule has 1 atom stereocenters. The fourth-order valence-corrected chi connectivity index (χ4v) is 2.23. The first-order valence-electron chi connectivity index (χ1n) is 6.71. The van der Waals surface area contributed by atoms with Crippen LogP contribution < -0.4 is 5.73 Å². The molecule has 0 aromatic carbocycles. The summed E-state index contributed by atoms with van der Waals surface area (Å²) in [5, 5.41) is 0. The SMILES string of the molecule is CCC(C)(C)CC(=O)N1CCC(N)C(C)(C)C1. The van der Waals surface area contributed by atoms with Gasteiger partial charge in [-0.15, -0.1) is 0 Å². The number of rotatable bonds is 3. The second-order valence-electron chi connectivity index (χ2n) is 6.89. The lowest BCUT2D eigenvalue weighted by Gasteiger charge is -2.43. The van der Waals surface area contributed by atoms with Gasteiger partial charge in [0.15, 0.2) is 0 Å². The summed E-state index contributed by atoms with van der Waals surface area (Å²) in [7, 11) is 0. The van der Waals surface area contributed by atoms with Crippen molar-refractivity contribution in [3.63, 3.8) is 0 Å². The van der Waals surface area contributed by atoms with Crippen LogP contribution in [0, 0.1) is 10.8 Å². The summed E-state index contributed by atoms with van der Waals surface area (Å²) in [4.78, 5) is 14.3. The maximum Gasteiger partial charge on any atom is 0.223 e. The highest BCUT2D eigenvalue weighted by atomic mass is 16.2. The van der Waals surface area contributed by atoms with E-state index in [2.05, 4.69) is 34.6 Å². The number of carbonyl (C=O) groups is 1. The second kappa shape index (κ2) is 4.97. The molecule has 1 aliphatic rings. The molecule has 1 fully saturated rings. The van der Waals surface area contributed by atoms with Crippen LogP contribution in [0.25, 0.3) is 0 Å². The summed E-state index contributed by atoms with van der Waals surface area (Å²) >= 11 is 0. The quantitative estimate of drug-likeness (QED) is 0.823. The lowest BCUT2D eigenvalue weighted by molar-refractivity contribution is -0.136. The van der Waals surface area contributed by atoms with Crippen LogP contribution in [0.1, 0.15) is 53.9 Å². The highest BCUT2D eigenvalue weighted by Crippen LogP contribution is 2.30. The summed E-state index contributed by atoms with van der Waals surface area (Å²) in [6, 6.07) is 0.214. The van der Waals surface area contributed by atoms with Crippen LogP contribution in [0.2, 0.25) is 0 Å². The van der Waals surface area contributed by atoms with Crippen molar-refractivity contribution in [3.8, 4) is 0 Å². The summed E-state index contributed by atoms with van der Waals surface area (Å²) in [5.74, 6) is 0.289. The van der Waals surface area contributed by atoms with Gasteiger partial charge in [-0.3, -0.25) is 4.79 Å². The van der Waals surface area contributed by atoms with Crippen LogP contribution in [0.15, 0.2) is 0 Å². The van der Waals surface area contributed by atoms with Gasteiger partial charge >= 0.3 is 0 Å². The van der Waals surface area contributed by atoms with E-state index in [0.717, 1.165) is 25.9 Å². The maximum absolute atomic E-state index is 12.3. The first-order valence-corrected chi connectivity index (χ1v) is 6.71. The molecule has 3 nitrogen and oxygen atoms in total. The first kappa shape index (κ1) is 14.5. The van der Waals surface area contributed by atoms with Crippen LogP contribution in [0.5, 0.6) is 0 Å². The fraction of sp³-hybridized carbons (Fsp3) is 0.929. The standard InChI is InChI=1S/C14H28N2O/c1-6-13(2,3)9-12(17)16-8-7-11(15)14(4,5)10-16/h11H,6-10,15H2,1-5H3. The fourth-order valence-electron chi connectivity index (χ4n) is 2.23. The zero-order chi connectivity index (χ0) is 13.3. The van der Waals surface area contributed by atoms with Gasteiger partial charge in [-0.05, 0) is 17.3 Å². The molecule has 0 spiro atoms. The summed E-state index contributed by atoms with van der Waals surface area (Å²) < 4.78 is 0. The molecular weight excluding hydrogens is 212 g/mol. The molecule has 17 heavy (non-hydrogen) atoms. The molecule has 0 aromatic heterocycles. The van der Waals surface area contributed by atoms with Crippen LogP contribution in [0.3, 0.4) is 0 Å². The van der Waals surface area contributed by atoms with Gasteiger partial charge in [0.1, 0.15) is 0 Å². The average molecular weight is 240 g/mol. The largest absolute Gasteiger partial charge is 0.342 e. The zero-order valence-electron chi connectivity index (χ0n) is 12.0. The molecule has 0 saturated carbocycles. The van der Waals surface area contributed by atoms with Gasteiger partial charge in [-0.1, -0.05) is 41.0 Å². The van der Waals surface area contributed by atoms with Crippen molar-refractivity contribution in [2.24, 2.45) is 16.6 Å². The van der Waals surface area contributed by atoms with E-state index in [-0.39, 0.29) is 22.8 Å². The molecule has 1 saturated heterocycles. The molecule has 1 rings (SSSR count). The predicted octanol–water partition coefficient (Wildman–Crippen LogP) is 2.40. The number of amides is 1. The van der Waals surface area contributed by atoms with Crippen LogP contribution in [-0.4, -0.2) is 29.9 Å². The summed E-state index contributed by atoms with van der Waals surface area (Å²) in [5.41, 5.74) is 6.25. The lowest BCUT2D eigenvalue weighted by Crippen LogP contribution is -2.54. The van der Waals surface area contributed by atoms with Crippen LogP contribution >= 0.6 is 0 Å². The molecule has 0 aromatic rings. The maximum atomic E-state index is 12.3. The van der Waals surface area contributed by atoms with Crippen molar-refractivity contribution >= 4 is 5.91 Å². The smallest absolute Gasteiger partial charge is 0.223 e. The normalized spacial score (nSPS) is 24.8. The highest BCUT2D eigenvalue weighted by Gasteiger charge is 2.36. The number of carbonyl (C=O) groups excluding carboxylic acids is 1. The van der Waals surface area contributed by atoms with E-state index >= 15 is 0 Å². The van der Waals surface area contributed by atoms with Gasteiger partial charge in [-0.25, -0.2) is 0 Å². The number of piperidine rings is 1. The summed E-state index contributed by atoms with van der Waals surface area (Å²) in [6.45, 7) is 12.4. The van der Waals surface area contributed by atoms with Crippen molar-refractivity contribution in [2.45, 2.75) is 59.9 Å². The minimum Gasteiger partial charge on any atom is -0.342 e. The number of likely N-dealkylation sites (tertiary alicyclic amines) is 1. The van der Waals surface area contributed by atoms with Crippen molar-refractivity contribution in [1.29, 1.82) is 0 Å². The van der Waals surface area contributed by atoms with E-state index in [1.165, 1.54) is 0 Å². The number of hydrogen-bond acceptors (Lipinski definition) is 2. The predicted molar refractivity (Wildman–Crippen MR) is 71.6 cm³/mol. The molecule has 3 heteroatoms. The van der Waals surface area contributed by atoms with E-state index < -0.39 is 0 Å². The zero-order valence-corrected chi connectivity index (χ0v) is 12.0. The Labute approximate surface area is 106 Å². The molecule has 0 bridgehead atoms. The van der Waals surface area contributed by atoms with Gasteiger partial charge < -0.3 is 10.6 Å². The molecule has 2 N–H and O–H groups in total. The van der Waals surface area contributed by atoms with Gasteiger partial charge in [0, 0.05) is 25.6 Å². The van der Waals surface area contributed by atoms with Crippen molar-refractivity contribution < 1.29 is 4.79 Å². The molecule has 1 heterocycles. The molecular formula is C14H28N2O. The molecule has 1 unspecified atom stereocenters. The van der Waals surface area contributed by atoms with Crippen molar-refractivity contribution in [3.05, 3.63) is 0 Å². The van der Waals surface area contributed by atoms with E-state index in [4.69, 9.17) is 5.73 Å². The number of nitrogens with two attached hydrogens (primary N) is 1. The Morgan fingerprint density at radius 3 is 2.53 bits per heavy atom. The lowest BCUT2D eigenvalue weighted by atomic mass is 9.79. The third-order valence-electron chi connectivity index (χ3n) is 4.25. The van der Waals surface area contributed by atoms with Gasteiger partial charge in [0.2, 0.25) is 5.91 Å². The van der Waals surface area contributed by atoms with Crippen LogP contribution in [-0.2, 0) is 4.79 Å². The van der Waals surface area contributed by atoms with E-state index in [9.17, 15) is 4.79 Å². The van der Waals surface area contributed by atoms with Crippen LogP contribution in [0.4, 0.5) is 0 Å². The second-order valence-corrected chi connectivity index (χ2v) is 6.89. The van der Waals surface area contributed by atoms with E-state index in [1.807, 2.05) is 4.90 Å². The van der Waals surface area contributed by atoms with Gasteiger partial charge in [0.25, 0.3) is 0 Å². The topological polar surface area (TPSA) is 46.3 Å². The van der Waals surface area contributed by atoms with Gasteiger partial charge in [-0.2, -0.15) is 0 Å². The number of hydrogen-bond donors (Lipinski definition) is 1. The number of nitrogens with zero attached hydrogens (tertiary/aromatic N) is 1. The Bertz CT molecular complexity index is 284. The molecule has 0 radical (unpaired) electrons. The summed E-state index contributed by atoms with van der Waals surface area (Å²) in [6.07, 6.45) is 2.61. The molecule has 100 valence electrons. The Morgan fingerprint density at radius 2 is 2.06 bits per heavy atom. The van der Waals surface area contributed by atoms with E-state index in [1.54, 1.807) is 0 Å². The average Bonchev–Trinajstić information content (AvgIpc) is 2.21. The first-order chi connectivity index (χ1) is 7.68. The highest BCUT2D eigenvalue weighted by molar-refractivity contribution is 5.77. The Hall–Kier alpha value is -0.570. The van der Waals surface area contributed by atoms with Gasteiger partial charge in [0.05, 0.1) is 0 Å². The van der Waals surface area contributed by atoms with Crippen molar-refractivity contribution in [1.82, 2.24) is 4.90 Å². The van der Waals surface area contributed by atoms with E-state index in [0.29, 0.717) is 6.42 Å². The Balaban J connectivity index is 2.60. The minimum atomic E-state index is 0.0459. The third kappa shape index (κ3) is 3.70. The molecule has 1 aliphatic heterocycles. The molecule has 0 aliphatic carbocycles. The van der Waals surface area contributed by atoms with Crippen molar-refractivity contribution in [2.75, 3.05) is 13.1 Å². The monoisotopic (exact) mass is 240 g/mol. The molecule has 1 amide bonds. The minimum absolute atomic E-state index is 0.0459. The Morgan fingerprint density at radius 1 is 1.47 bits per heavy atom. The third-order valence-corrected chi connectivity index (χ3v) is 4.25.